The van der Waals surface area contributed by atoms with Crippen LogP contribution in [0, 0.1) is 0 Å². The van der Waals surface area contributed by atoms with Crippen LogP contribution in [0.1, 0.15) is 207 Å². The van der Waals surface area contributed by atoms with Crippen LogP contribution in [0.4, 0.5) is 0 Å². The Morgan fingerprint density at radius 1 is 0.316 bits per heavy atom. The lowest BCUT2D eigenvalue weighted by atomic mass is 10.1. The van der Waals surface area contributed by atoms with E-state index in [1.807, 2.05) is 48.5 Å². The summed E-state index contributed by atoms with van der Waals surface area (Å²) in [5.41, 5.74) is 3.25. The van der Waals surface area contributed by atoms with E-state index in [1.54, 1.807) is 36.4 Å². The van der Waals surface area contributed by atoms with Crippen LogP contribution in [0.3, 0.4) is 0 Å². The molecular formula is C66H94O10. The summed E-state index contributed by atoms with van der Waals surface area (Å²) in [7, 11) is 0. The molecule has 0 N–H and O–H groups in total. The van der Waals surface area contributed by atoms with Crippen LogP contribution < -0.4 is 37.9 Å². The zero-order chi connectivity index (χ0) is 54.3. The molecule has 0 saturated carbocycles. The van der Waals surface area contributed by atoms with Crippen LogP contribution in [-0.4, -0.2) is 51.6 Å². The van der Waals surface area contributed by atoms with Gasteiger partial charge in [0.1, 0.15) is 11.5 Å². The fourth-order valence-corrected chi connectivity index (χ4v) is 8.46. The van der Waals surface area contributed by atoms with Gasteiger partial charge in [-0.3, -0.25) is 0 Å². The van der Waals surface area contributed by atoms with Crippen LogP contribution in [-0.2, 0) is 9.59 Å². The maximum Gasteiger partial charge on any atom is 0.336 e. The molecule has 76 heavy (non-hydrogen) atoms. The summed E-state index contributed by atoms with van der Waals surface area (Å²) in [5, 5.41) is 0. The molecule has 0 aliphatic carbocycles. The Morgan fingerprint density at radius 3 is 0.882 bits per heavy atom. The Kier molecular flexibility index (Phi) is 32.5. The number of benzene rings is 4. The lowest BCUT2D eigenvalue weighted by Crippen LogP contribution is -2.08. The van der Waals surface area contributed by atoms with Gasteiger partial charge in [0.15, 0.2) is 23.0 Å². The second-order valence-electron chi connectivity index (χ2n) is 19.6. The molecule has 0 spiro atoms. The van der Waals surface area contributed by atoms with Gasteiger partial charge >= 0.3 is 11.9 Å². The van der Waals surface area contributed by atoms with E-state index in [4.69, 9.17) is 37.9 Å². The largest absolute Gasteiger partial charge is 0.490 e. The normalized spacial score (nSPS) is 11.3. The fraction of sp³-hybridized carbons (Fsp3) is 0.545. The standard InChI is InChI=1S/C66H94O10/c1-7-13-19-25-47-69-59-43-35-55(63(71-49-27-21-15-9-3)65(59)73-51-29-23-17-11-5)37-45-61(67)75-57-39-31-53(32-40-57)54-33-41-58(42-34-54)76-62(68)46-38-56-36-44-60(70-48-26-20-14-8-2)66(74-52-30-24-18-12-6)64(56)72-50-28-22-16-10-4/h31-46H,7-30,47-52H2,1-6H3/b45-37+,46-38+. The molecule has 0 aromatic heterocycles. The molecular weight excluding hydrogens is 953 g/mol. The van der Waals surface area contributed by atoms with E-state index < -0.39 is 11.9 Å². The minimum Gasteiger partial charge on any atom is -0.490 e. The molecule has 0 atom stereocenters. The molecule has 4 rings (SSSR count). The fourth-order valence-electron chi connectivity index (χ4n) is 8.46. The number of hydrogen-bond acceptors (Lipinski definition) is 10. The van der Waals surface area contributed by atoms with Crippen molar-refractivity contribution in [2.24, 2.45) is 0 Å². The van der Waals surface area contributed by atoms with Gasteiger partial charge in [0.25, 0.3) is 0 Å². The highest BCUT2D eigenvalue weighted by molar-refractivity contribution is 5.90. The van der Waals surface area contributed by atoms with Crippen molar-refractivity contribution >= 4 is 24.1 Å². The molecule has 0 radical (unpaired) electrons. The molecule has 418 valence electrons. The Hall–Kier alpha value is -5.90. The van der Waals surface area contributed by atoms with Crippen molar-refractivity contribution < 1.29 is 47.5 Å². The summed E-state index contributed by atoms with van der Waals surface area (Å²) >= 11 is 0. The van der Waals surface area contributed by atoms with Crippen LogP contribution in [0.25, 0.3) is 23.3 Å². The van der Waals surface area contributed by atoms with Gasteiger partial charge in [-0.15, -0.1) is 0 Å². The first-order valence-corrected chi connectivity index (χ1v) is 29.5. The average molecular weight is 1050 g/mol. The average Bonchev–Trinajstić information content (AvgIpc) is 3.43. The van der Waals surface area contributed by atoms with Crippen LogP contribution in [0.2, 0.25) is 0 Å². The van der Waals surface area contributed by atoms with Gasteiger partial charge < -0.3 is 37.9 Å². The highest BCUT2D eigenvalue weighted by Crippen LogP contribution is 2.43. The number of esters is 2. The molecule has 10 heteroatoms. The molecule has 4 aromatic carbocycles. The molecule has 0 amide bonds. The van der Waals surface area contributed by atoms with Gasteiger partial charge in [-0.25, -0.2) is 9.59 Å². The van der Waals surface area contributed by atoms with E-state index in [0.29, 0.717) is 85.6 Å². The van der Waals surface area contributed by atoms with Gasteiger partial charge in [-0.2, -0.15) is 0 Å². The van der Waals surface area contributed by atoms with Crippen molar-refractivity contribution in [3.05, 3.63) is 96.1 Å². The predicted molar refractivity (Wildman–Crippen MR) is 312 cm³/mol. The quantitative estimate of drug-likeness (QED) is 0.0184. The SMILES string of the molecule is CCCCCCOc1ccc(/C=C/C(=O)Oc2ccc(-c3ccc(OC(=O)/C=C/c4ccc(OCCCCCC)c(OCCCCCC)c4OCCCCCC)cc3)cc2)c(OCCCCCC)c1OCCCCCC. The smallest absolute Gasteiger partial charge is 0.336 e. The summed E-state index contributed by atoms with van der Waals surface area (Å²) in [6, 6.07) is 22.3. The van der Waals surface area contributed by atoms with Crippen molar-refractivity contribution in [3.8, 4) is 57.1 Å². The maximum absolute atomic E-state index is 13.3. The van der Waals surface area contributed by atoms with Crippen molar-refractivity contribution in [2.45, 2.75) is 196 Å². The summed E-state index contributed by atoms with van der Waals surface area (Å²) in [6.07, 6.45) is 32.3. The van der Waals surface area contributed by atoms with Gasteiger partial charge in [0, 0.05) is 23.3 Å². The number of carbonyl (C=O) groups is 2. The summed E-state index contributed by atoms with van der Waals surface area (Å²) in [6.45, 7) is 16.6. The topological polar surface area (TPSA) is 108 Å². The third-order valence-electron chi connectivity index (χ3n) is 13.0. The van der Waals surface area contributed by atoms with E-state index in [9.17, 15) is 9.59 Å². The first-order valence-electron chi connectivity index (χ1n) is 29.5. The number of carbonyl (C=O) groups excluding carboxylic acids is 2. The highest BCUT2D eigenvalue weighted by Gasteiger charge is 2.20. The van der Waals surface area contributed by atoms with E-state index in [2.05, 4.69) is 41.5 Å². The Bertz CT molecular complexity index is 2090. The van der Waals surface area contributed by atoms with Crippen molar-refractivity contribution in [1.29, 1.82) is 0 Å². The molecule has 0 fully saturated rings. The number of hydrogen-bond donors (Lipinski definition) is 0. The summed E-state index contributed by atoms with van der Waals surface area (Å²) in [4.78, 5) is 26.5. The maximum atomic E-state index is 13.3. The number of unbranched alkanes of at least 4 members (excludes halogenated alkanes) is 18. The Balaban J connectivity index is 1.44. The highest BCUT2D eigenvalue weighted by atomic mass is 16.6. The van der Waals surface area contributed by atoms with Gasteiger partial charge in [-0.1, -0.05) is 181 Å². The zero-order valence-corrected chi connectivity index (χ0v) is 47.5. The third-order valence-corrected chi connectivity index (χ3v) is 13.0. The van der Waals surface area contributed by atoms with Crippen LogP contribution in [0.5, 0.6) is 46.0 Å². The van der Waals surface area contributed by atoms with E-state index >= 15 is 0 Å². The second kappa shape index (κ2) is 39.5. The number of rotatable bonds is 43. The molecule has 0 aliphatic heterocycles. The third kappa shape index (κ3) is 24.4. The predicted octanol–water partition coefficient (Wildman–Crippen LogP) is 18.3. The Labute approximate surface area is 458 Å². The van der Waals surface area contributed by atoms with Gasteiger partial charge in [0.2, 0.25) is 11.5 Å². The van der Waals surface area contributed by atoms with Gasteiger partial charge in [-0.05, 0) is 110 Å². The van der Waals surface area contributed by atoms with E-state index in [0.717, 1.165) is 164 Å². The molecule has 0 heterocycles. The lowest BCUT2D eigenvalue weighted by Gasteiger charge is -2.19. The molecule has 10 nitrogen and oxygen atoms in total. The summed E-state index contributed by atoms with van der Waals surface area (Å²) in [5.74, 6) is 3.47. The first kappa shape index (κ1) is 62.6. The monoisotopic (exact) mass is 1050 g/mol. The molecule has 4 aromatic rings. The van der Waals surface area contributed by atoms with E-state index in [-0.39, 0.29) is 0 Å². The zero-order valence-electron chi connectivity index (χ0n) is 47.5. The van der Waals surface area contributed by atoms with Crippen molar-refractivity contribution in [1.82, 2.24) is 0 Å². The van der Waals surface area contributed by atoms with Crippen LogP contribution >= 0.6 is 0 Å². The van der Waals surface area contributed by atoms with Crippen molar-refractivity contribution in [3.63, 3.8) is 0 Å². The molecule has 0 aliphatic rings. The molecule has 0 bridgehead atoms. The van der Waals surface area contributed by atoms with Crippen molar-refractivity contribution in [2.75, 3.05) is 39.6 Å². The second-order valence-corrected chi connectivity index (χ2v) is 19.6. The van der Waals surface area contributed by atoms with Crippen LogP contribution in [0.15, 0.2) is 84.9 Å². The molecule has 0 unspecified atom stereocenters. The Morgan fingerprint density at radius 2 is 0.592 bits per heavy atom. The van der Waals surface area contributed by atoms with E-state index in [1.165, 1.54) is 25.0 Å². The molecule has 0 saturated heterocycles. The number of ether oxygens (including phenoxy) is 8. The minimum atomic E-state index is -0.517. The minimum absolute atomic E-state index is 0.409. The summed E-state index contributed by atoms with van der Waals surface area (Å²) < 4.78 is 49.9. The first-order chi connectivity index (χ1) is 37.3. The van der Waals surface area contributed by atoms with Gasteiger partial charge in [0.05, 0.1) is 39.6 Å². The lowest BCUT2D eigenvalue weighted by molar-refractivity contribution is -0.129.